The number of nitrogens with zero attached hydrogens (tertiary/aromatic N) is 1. The van der Waals surface area contributed by atoms with E-state index in [2.05, 4.69) is 55.6 Å². The lowest BCUT2D eigenvalue weighted by Gasteiger charge is -2.39. The summed E-state index contributed by atoms with van der Waals surface area (Å²) in [5.74, 6) is 0. The molecule has 0 bridgehead atoms. The van der Waals surface area contributed by atoms with E-state index in [4.69, 9.17) is 0 Å². The molecule has 0 aliphatic carbocycles. The van der Waals surface area contributed by atoms with Crippen LogP contribution in [0.4, 0.5) is 0 Å². The number of halogens is 1. The molecule has 0 aliphatic rings. The van der Waals surface area contributed by atoms with E-state index in [1.165, 1.54) is 13.1 Å². The standard InChI is InChI=1S/C12H28N.FH/c1-11(2,3)9-13(7,8)10-12(4,5)6;/h9-10H2,1-8H3;1H/q+1;/p-1. The maximum absolute atomic E-state index is 2.33. The summed E-state index contributed by atoms with van der Waals surface area (Å²) in [5.41, 5.74) is 0.851. The Labute approximate surface area is 89.5 Å². The maximum Gasteiger partial charge on any atom is 0.0831 e. The highest BCUT2D eigenvalue weighted by Crippen LogP contribution is 2.23. The zero-order valence-electron chi connectivity index (χ0n) is 11.2. The van der Waals surface area contributed by atoms with Crippen LogP contribution in [0, 0.1) is 10.8 Å². The van der Waals surface area contributed by atoms with E-state index >= 15 is 0 Å². The third-order valence-corrected chi connectivity index (χ3v) is 1.80. The molecule has 2 heteroatoms. The topological polar surface area (TPSA) is 0 Å². The number of hydrogen-bond donors (Lipinski definition) is 0. The molecule has 0 aromatic carbocycles. The van der Waals surface area contributed by atoms with Gasteiger partial charge in [-0.15, -0.1) is 0 Å². The van der Waals surface area contributed by atoms with Crippen molar-refractivity contribution < 1.29 is 9.19 Å². The Hall–Kier alpha value is -0.110. The molecule has 1 nitrogen and oxygen atoms in total. The van der Waals surface area contributed by atoms with Crippen molar-refractivity contribution in [2.75, 3.05) is 27.2 Å². The third kappa shape index (κ3) is 9.97. The summed E-state index contributed by atoms with van der Waals surface area (Å²) in [5, 5.41) is 0. The zero-order valence-corrected chi connectivity index (χ0v) is 11.2. The second-order valence-electron chi connectivity index (χ2n) is 7.37. The molecule has 0 aliphatic heterocycles. The van der Waals surface area contributed by atoms with E-state index in [1.54, 1.807) is 0 Å². The lowest BCUT2D eigenvalue weighted by Crippen LogP contribution is -3.00. The minimum Gasteiger partial charge on any atom is -1.00 e. The Balaban J connectivity index is 0. The van der Waals surface area contributed by atoms with Crippen molar-refractivity contribution >= 4 is 0 Å². The van der Waals surface area contributed by atoms with Gasteiger partial charge in [-0.25, -0.2) is 0 Å². The molecule has 0 unspecified atom stereocenters. The molecule has 0 heterocycles. The fraction of sp³-hybridized carbons (Fsp3) is 1.00. The van der Waals surface area contributed by atoms with Gasteiger partial charge in [0.25, 0.3) is 0 Å². The van der Waals surface area contributed by atoms with E-state index in [-0.39, 0.29) is 4.70 Å². The molecule has 0 atom stereocenters. The predicted octanol–water partition coefficient (Wildman–Crippen LogP) is 0.159. The van der Waals surface area contributed by atoms with Crippen LogP contribution in [0.25, 0.3) is 0 Å². The van der Waals surface area contributed by atoms with E-state index < -0.39 is 0 Å². The summed E-state index contributed by atoms with van der Waals surface area (Å²) >= 11 is 0. The molecule has 0 aromatic heterocycles. The van der Waals surface area contributed by atoms with Gasteiger partial charge in [0.15, 0.2) is 0 Å². The molecule has 0 aromatic rings. The van der Waals surface area contributed by atoms with E-state index in [9.17, 15) is 0 Å². The van der Waals surface area contributed by atoms with Gasteiger partial charge in [-0.05, 0) is 0 Å². The predicted molar refractivity (Wildman–Crippen MR) is 60.8 cm³/mol. The first-order valence-corrected chi connectivity index (χ1v) is 5.23. The van der Waals surface area contributed by atoms with Crippen LogP contribution < -0.4 is 4.70 Å². The van der Waals surface area contributed by atoms with Crippen LogP contribution in [0.15, 0.2) is 0 Å². The van der Waals surface area contributed by atoms with E-state index in [1.807, 2.05) is 0 Å². The molecule has 0 spiro atoms. The van der Waals surface area contributed by atoms with Gasteiger partial charge in [0.05, 0.1) is 27.2 Å². The Morgan fingerprint density at radius 2 is 0.929 bits per heavy atom. The molecule has 88 valence electrons. The van der Waals surface area contributed by atoms with Crippen molar-refractivity contribution in [2.45, 2.75) is 41.5 Å². The molecule has 0 fully saturated rings. The normalized spacial score (nSPS) is 13.7. The maximum atomic E-state index is 2.33. The van der Waals surface area contributed by atoms with Crippen molar-refractivity contribution in [2.24, 2.45) is 10.8 Å². The molecule has 0 rings (SSSR count). The van der Waals surface area contributed by atoms with Crippen molar-refractivity contribution in [3.8, 4) is 0 Å². The van der Waals surface area contributed by atoms with Gasteiger partial charge in [-0.1, -0.05) is 41.5 Å². The van der Waals surface area contributed by atoms with Crippen LogP contribution in [0.5, 0.6) is 0 Å². The highest BCUT2D eigenvalue weighted by Gasteiger charge is 2.29. The van der Waals surface area contributed by atoms with Gasteiger partial charge >= 0.3 is 0 Å². The first-order valence-electron chi connectivity index (χ1n) is 5.23. The van der Waals surface area contributed by atoms with Gasteiger partial charge < -0.3 is 9.19 Å². The van der Waals surface area contributed by atoms with Crippen LogP contribution in [0.2, 0.25) is 0 Å². The Bertz CT molecular complexity index is 142. The van der Waals surface area contributed by atoms with Crippen LogP contribution in [-0.4, -0.2) is 31.7 Å². The van der Waals surface area contributed by atoms with Crippen molar-refractivity contribution in [1.82, 2.24) is 0 Å². The number of hydrogen-bond acceptors (Lipinski definition) is 0. The van der Waals surface area contributed by atoms with Crippen molar-refractivity contribution in [3.63, 3.8) is 0 Å². The number of quaternary nitrogens is 1. The Morgan fingerprint density at radius 1 is 0.714 bits per heavy atom. The fourth-order valence-corrected chi connectivity index (χ4v) is 2.62. The van der Waals surface area contributed by atoms with Gasteiger partial charge in [0.2, 0.25) is 0 Å². The summed E-state index contributed by atoms with van der Waals surface area (Å²) in [4.78, 5) is 0. The average Bonchev–Trinajstić information content (AvgIpc) is 1.43. The molecular formula is C12H28FN. The summed E-state index contributed by atoms with van der Waals surface area (Å²) in [6.07, 6.45) is 0. The molecular weight excluding hydrogens is 177 g/mol. The molecule has 14 heavy (non-hydrogen) atoms. The zero-order chi connectivity index (χ0) is 10.9. The van der Waals surface area contributed by atoms with Crippen LogP contribution in [0.3, 0.4) is 0 Å². The highest BCUT2D eigenvalue weighted by atomic mass is 19.0. The van der Waals surface area contributed by atoms with Gasteiger partial charge in [0.1, 0.15) is 0 Å². The second-order valence-corrected chi connectivity index (χ2v) is 7.37. The summed E-state index contributed by atoms with van der Waals surface area (Å²) < 4.78 is 1.12. The second kappa shape index (κ2) is 4.61. The molecule has 0 radical (unpaired) electrons. The Morgan fingerprint density at radius 3 is 1.07 bits per heavy atom. The highest BCUT2D eigenvalue weighted by molar-refractivity contribution is 4.64. The van der Waals surface area contributed by atoms with Gasteiger partial charge in [0, 0.05) is 10.8 Å². The monoisotopic (exact) mass is 205 g/mol. The largest absolute Gasteiger partial charge is 1.00 e. The lowest BCUT2D eigenvalue weighted by atomic mass is 9.91. The SMILES string of the molecule is CC(C)(C)C[N+](C)(C)CC(C)(C)C.[F-]. The quantitative estimate of drug-likeness (QED) is 0.563. The molecule has 0 N–H and O–H groups in total. The summed E-state index contributed by atoms with van der Waals surface area (Å²) in [7, 11) is 4.66. The Kier molecular flexibility index (Phi) is 5.37. The van der Waals surface area contributed by atoms with Gasteiger partial charge in [-0.3, -0.25) is 0 Å². The molecule has 0 saturated carbocycles. The number of rotatable bonds is 2. The first-order chi connectivity index (χ1) is 5.41. The minimum atomic E-state index is 0. The van der Waals surface area contributed by atoms with Crippen LogP contribution in [-0.2, 0) is 0 Å². The molecule has 0 saturated heterocycles. The van der Waals surface area contributed by atoms with Crippen molar-refractivity contribution in [1.29, 1.82) is 0 Å². The van der Waals surface area contributed by atoms with Crippen molar-refractivity contribution in [3.05, 3.63) is 0 Å². The van der Waals surface area contributed by atoms with Crippen LogP contribution in [0.1, 0.15) is 41.5 Å². The summed E-state index contributed by atoms with van der Waals surface area (Å²) in [6, 6.07) is 0. The van der Waals surface area contributed by atoms with E-state index in [0.29, 0.717) is 10.8 Å². The first kappa shape index (κ1) is 16.3. The lowest BCUT2D eigenvalue weighted by molar-refractivity contribution is -0.902. The fourth-order valence-electron chi connectivity index (χ4n) is 2.62. The molecule has 0 amide bonds. The van der Waals surface area contributed by atoms with E-state index in [0.717, 1.165) is 4.48 Å². The minimum absolute atomic E-state index is 0. The van der Waals surface area contributed by atoms with Crippen LogP contribution >= 0.6 is 0 Å². The van der Waals surface area contributed by atoms with Gasteiger partial charge in [-0.2, -0.15) is 0 Å². The average molecular weight is 205 g/mol. The smallest absolute Gasteiger partial charge is 0.0831 e. The summed E-state index contributed by atoms with van der Waals surface area (Å²) in [6.45, 7) is 16.4. The third-order valence-electron chi connectivity index (χ3n) is 1.80.